The molecule has 3 nitrogen and oxygen atoms in total. The summed E-state index contributed by atoms with van der Waals surface area (Å²) < 4.78 is 43.6. The van der Waals surface area contributed by atoms with Crippen molar-refractivity contribution in [1.82, 2.24) is 10.1 Å². The average Bonchev–Trinajstić information content (AvgIpc) is 2.47. The van der Waals surface area contributed by atoms with E-state index in [1.54, 1.807) is 13.8 Å². The van der Waals surface area contributed by atoms with Gasteiger partial charge in [0.05, 0.1) is 12.8 Å². The van der Waals surface area contributed by atoms with Gasteiger partial charge in [-0.1, -0.05) is 19.0 Å². The lowest BCUT2D eigenvalue weighted by atomic mass is 9.78. The highest BCUT2D eigenvalue weighted by Crippen LogP contribution is 2.53. The number of aromatic nitrogens is 2. The molecule has 0 amide bonds. The quantitative estimate of drug-likeness (QED) is 0.769. The molecule has 0 bridgehead atoms. The first kappa shape index (κ1) is 10.4. The van der Waals surface area contributed by atoms with Crippen LogP contribution in [0.3, 0.4) is 0 Å². The van der Waals surface area contributed by atoms with Crippen molar-refractivity contribution in [2.75, 3.05) is 0 Å². The van der Waals surface area contributed by atoms with Crippen molar-refractivity contribution >= 4 is 0 Å². The second kappa shape index (κ2) is 2.96. The van der Waals surface area contributed by atoms with E-state index in [0.717, 1.165) is 0 Å². The number of halogens is 3. The van der Waals surface area contributed by atoms with Crippen LogP contribution in [0.15, 0.2) is 4.52 Å². The van der Waals surface area contributed by atoms with E-state index in [9.17, 15) is 13.2 Å². The van der Waals surface area contributed by atoms with Gasteiger partial charge < -0.3 is 4.52 Å². The molecule has 6 heteroatoms. The Bertz CT molecular complexity index is 367. The molecule has 1 aliphatic rings. The Labute approximate surface area is 84.7 Å². The van der Waals surface area contributed by atoms with Gasteiger partial charge in [0.2, 0.25) is 11.7 Å². The second-order valence-electron chi connectivity index (χ2n) is 4.29. The molecule has 0 aromatic carbocycles. The Morgan fingerprint density at radius 2 is 1.87 bits per heavy atom. The minimum atomic E-state index is -2.94. The molecule has 1 aliphatic carbocycles. The van der Waals surface area contributed by atoms with E-state index in [2.05, 4.69) is 10.1 Å². The van der Waals surface area contributed by atoms with Crippen molar-refractivity contribution in [1.29, 1.82) is 0 Å². The summed E-state index contributed by atoms with van der Waals surface area (Å²) >= 11 is 0. The summed E-state index contributed by atoms with van der Waals surface area (Å²) in [5, 5.41) is 3.40. The van der Waals surface area contributed by atoms with Crippen molar-refractivity contribution in [3.63, 3.8) is 0 Å². The second-order valence-corrected chi connectivity index (χ2v) is 4.29. The highest BCUT2D eigenvalue weighted by atomic mass is 19.3. The van der Waals surface area contributed by atoms with Crippen LogP contribution in [0.2, 0.25) is 0 Å². The lowest BCUT2D eigenvalue weighted by molar-refractivity contribution is -0.178. The van der Waals surface area contributed by atoms with Crippen LogP contribution >= 0.6 is 0 Å². The first-order chi connectivity index (χ1) is 6.82. The van der Waals surface area contributed by atoms with E-state index in [4.69, 9.17) is 4.52 Å². The van der Waals surface area contributed by atoms with E-state index in [1.165, 1.54) is 0 Å². The van der Waals surface area contributed by atoms with E-state index < -0.39 is 24.4 Å². The Morgan fingerprint density at radius 1 is 1.27 bits per heavy atom. The van der Waals surface area contributed by atoms with Gasteiger partial charge in [0.1, 0.15) is 0 Å². The number of nitrogens with zero attached hydrogens (tertiary/aromatic N) is 2. The SMILES string of the molecule is CC(C)c1nc(C2(F)CC(F)(F)C2)no1. The van der Waals surface area contributed by atoms with Crippen molar-refractivity contribution in [2.24, 2.45) is 0 Å². The van der Waals surface area contributed by atoms with Gasteiger partial charge in [0, 0.05) is 5.92 Å². The summed E-state index contributed by atoms with van der Waals surface area (Å²) in [5.41, 5.74) is -2.11. The first-order valence-corrected chi connectivity index (χ1v) is 4.73. The number of hydrogen-bond acceptors (Lipinski definition) is 3. The zero-order valence-electron chi connectivity index (χ0n) is 8.43. The van der Waals surface area contributed by atoms with Crippen LogP contribution in [0.1, 0.15) is 44.3 Å². The maximum Gasteiger partial charge on any atom is 0.255 e. The average molecular weight is 220 g/mol. The lowest BCUT2D eigenvalue weighted by Crippen LogP contribution is -2.46. The van der Waals surface area contributed by atoms with Gasteiger partial charge in [-0.15, -0.1) is 0 Å². The maximum absolute atomic E-state index is 13.7. The first-order valence-electron chi connectivity index (χ1n) is 4.73. The topological polar surface area (TPSA) is 38.9 Å². The van der Waals surface area contributed by atoms with E-state index in [1.807, 2.05) is 0 Å². The number of hydrogen-bond donors (Lipinski definition) is 0. The fourth-order valence-electron chi connectivity index (χ4n) is 1.58. The van der Waals surface area contributed by atoms with Gasteiger partial charge >= 0.3 is 0 Å². The fraction of sp³-hybridized carbons (Fsp3) is 0.778. The molecule has 1 saturated carbocycles. The lowest BCUT2D eigenvalue weighted by Gasteiger charge is -2.38. The normalized spacial score (nSPS) is 22.8. The van der Waals surface area contributed by atoms with Crippen LogP contribution in [-0.4, -0.2) is 16.1 Å². The molecule has 0 N–H and O–H groups in total. The molecule has 1 aromatic rings. The third-order valence-corrected chi connectivity index (χ3v) is 2.41. The molecule has 0 aliphatic heterocycles. The maximum atomic E-state index is 13.7. The molecule has 1 fully saturated rings. The summed E-state index contributed by atoms with van der Waals surface area (Å²) in [4.78, 5) is 3.78. The highest BCUT2D eigenvalue weighted by Gasteiger charge is 2.61. The molecule has 1 heterocycles. The van der Waals surface area contributed by atoms with Crippen molar-refractivity contribution < 1.29 is 17.7 Å². The Morgan fingerprint density at radius 3 is 2.27 bits per heavy atom. The summed E-state index contributed by atoms with van der Waals surface area (Å²) in [7, 11) is 0. The molecule has 15 heavy (non-hydrogen) atoms. The monoisotopic (exact) mass is 220 g/mol. The zero-order chi connectivity index (χ0) is 11.3. The molecule has 2 rings (SSSR count). The van der Waals surface area contributed by atoms with Crippen molar-refractivity contribution in [2.45, 2.75) is 44.2 Å². The van der Waals surface area contributed by atoms with Crippen molar-refractivity contribution in [3.8, 4) is 0 Å². The summed E-state index contributed by atoms with van der Waals surface area (Å²) in [6.07, 6.45) is -1.70. The minimum Gasteiger partial charge on any atom is -0.339 e. The molecule has 84 valence electrons. The molecule has 0 unspecified atom stereocenters. The molecule has 0 saturated heterocycles. The molecular weight excluding hydrogens is 209 g/mol. The summed E-state index contributed by atoms with van der Waals surface area (Å²) in [6, 6.07) is 0. The van der Waals surface area contributed by atoms with Crippen LogP contribution in [0.4, 0.5) is 13.2 Å². The van der Waals surface area contributed by atoms with Crippen molar-refractivity contribution in [3.05, 3.63) is 11.7 Å². The Kier molecular flexibility index (Phi) is 2.06. The smallest absolute Gasteiger partial charge is 0.255 e. The predicted molar refractivity (Wildman–Crippen MR) is 45.4 cm³/mol. The third-order valence-electron chi connectivity index (χ3n) is 2.41. The molecule has 1 aromatic heterocycles. The largest absolute Gasteiger partial charge is 0.339 e. The van der Waals surface area contributed by atoms with E-state index >= 15 is 0 Å². The third kappa shape index (κ3) is 1.72. The summed E-state index contributed by atoms with van der Waals surface area (Å²) in [6.45, 7) is 3.61. The van der Waals surface area contributed by atoms with Gasteiger partial charge in [-0.2, -0.15) is 4.98 Å². The minimum absolute atomic E-state index is 0.0320. The van der Waals surface area contributed by atoms with E-state index in [-0.39, 0.29) is 17.6 Å². The van der Waals surface area contributed by atoms with Crippen LogP contribution in [0, 0.1) is 0 Å². The fourth-order valence-corrected chi connectivity index (χ4v) is 1.58. The standard InChI is InChI=1S/C9H11F3N2O/c1-5(2)6-13-7(14-15-6)8(10)3-9(11,12)4-8/h5H,3-4H2,1-2H3. The molecule has 0 atom stereocenters. The Hall–Kier alpha value is -1.07. The van der Waals surface area contributed by atoms with Gasteiger partial charge in [-0.25, -0.2) is 13.2 Å². The zero-order valence-corrected chi connectivity index (χ0v) is 8.43. The van der Waals surface area contributed by atoms with Crippen LogP contribution in [-0.2, 0) is 5.67 Å². The molecular formula is C9H11F3N2O. The van der Waals surface area contributed by atoms with Gasteiger partial charge in [-0.3, -0.25) is 0 Å². The summed E-state index contributed by atoms with van der Waals surface area (Å²) in [5.74, 6) is -2.95. The molecule has 0 spiro atoms. The number of rotatable bonds is 2. The van der Waals surface area contributed by atoms with Crippen LogP contribution in [0.5, 0.6) is 0 Å². The highest BCUT2D eigenvalue weighted by molar-refractivity contribution is 5.12. The van der Waals surface area contributed by atoms with E-state index in [0.29, 0.717) is 0 Å². The van der Waals surface area contributed by atoms with Gasteiger partial charge in [0.25, 0.3) is 5.92 Å². The van der Waals surface area contributed by atoms with Crippen LogP contribution in [0.25, 0.3) is 0 Å². The number of alkyl halides is 3. The Balaban J connectivity index is 2.17. The van der Waals surface area contributed by atoms with Crippen LogP contribution < -0.4 is 0 Å². The van der Waals surface area contributed by atoms with Gasteiger partial charge in [-0.05, 0) is 0 Å². The molecule has 0 radical (unpaired) electrons. The van der Waals surface area contributed by atoms with Gasteiger partial charge in [0.15, 0.2) is 5.67 Å². The predicted octanol–water partition coefficient (Wildman–Crippen LogP) is 2.79.